The van der Waals surface area contributed by atoms with E-state index in [2.05, 4.69) is 0 Å². The normalized spacial score (nSPS) is 12.0. The highest BCUT2D eigenvalue weighted by atomic mass is 19.2. The molecule has 1 rings (SSSR count). The van der Waals surface area contributed by atoms with Gasteiger partial charge in [0.15, 0.2) is 17.4 Å². The molecule has 0 fully saturated rings. The zero-order valence-electron chi connectivity index (χ0n) is 10.2. The third-order valence-corrected chi connectivity index (χ3v) is 2.50. The Morgan fingerprint density at radius 3 is 2.39 bits per heavy atom. The molecular formula is C13H14F2O3. The summed E-state index contributed by atoms with van der Waals surface area (Å²) in [5.74, 6) is -4.32. The highest BCUT2D eigenvalue weighted by Gasteiger charge is 2.27. The van der Waals surface area contributed by atoms with Gasteiger partial charge in [-0.1, -0.05) is 6.92 Å². The number of hydrogen-bond donors (Lipinski definition) is 0. The van der Waals surface area contributed by atoms with Crippen LogP contribution in [0.1, 0.15) is 30.6 Å². The van der Waals surface area contributed by atoms with Crippen LogP contribution in [0.25, 0.3) is 0 Å². The average molecular weight is 256 g/mol. The fourth-order valence-electron chi connectivity index (χ4n) is 1.55. The Bertz CT molecular complexity index is 458. The number of esters is 1. The number of hydrogen-bond acceptors (Lipinski definition) is 3. The predicted molar refractivity (Wildman–Crippen MR) is 61.1 cm³/mol. The molecule has 1 aromatic carbocycles. The van der Waals surface area contributed by atoms with Crippen molar-refractivity contribution in [3.63, 3.8) is 0 Å². The van der Waals surface area contributed by atoms with Crippen LogP contribution in [0.15, 0.2) is 18.2 Å². The van der Waals surface area contributed by atoms with Crippen molar-refractivity contribution >= 4 is 11.8 Å². The number of ether oxygens (including phenoxy) is 1. The van der Waals surface area contributed by atoms with Crippen molar-refractivity contribution in [1.82, 2.24) is 0 Å². The van der Waals surface area contributed by atoms with Gasteiger partial charge in [-0.05, 0) is 31.5 Å². The molecule has 3 nitrogen and oxygen atoms in total. The highest BCUT2D eigenvalue weighted by Crippen LogP contribution is 2.16. The third kappa shape index (κ3) is 3.12. The Hall–Kier alpha value is -1.78. The summed E-state index contributed by atoms with van der Waals surface area (Å²) in [5.41, 5.74) is -0.0335. The van der Waals surface area contributed by atoms with Gasteiger partial charge in [-0.2, -0.15) is 0 Å². The Labute approximate surface area is 104 Å². The van der Waals surface area contributed by atoms with Gasteiger partial charge in [0.2, 0.25) is 0 Å². The first kappa shape index (κ1) is 14.3. The summed E-state index contributed by atoms with van der Waals surface area (Å²) >= 11 is 0. The topological polar surface area (TPSA) is 43.4 Å². The minimum Gasteiger partial charge on any atom is -0.465 e. The first-order valence-corrected chi connectivity index (χ1v) is 5.67. The fourth-order valence-corrected chi connectivity index (χ4v) is 1.55. The molecule has 0 amide bonds. The minimum absolute atomic E-state index is 0.0335. The zero-order valence-corrected chi connectivity index (χ0v) is 10.2. The molecule has 0 saturated heterocycles. The highest BCUT2D eigenvalue weighted by molar-refractivity contribution is 6.08. The number of Topliss-reactive ketones (excluding diaryl/α,β-unsaturated/α-hetero) is 1. The van der Waals surface area contributed by atoms with E-state index in [-0.39, 0.29) is 18.6 Å². The molecule has 0 saturated carbocycles. The molecule has 0 heterocycles. The second-order valence-corrected chi connectivity index (χ2v) is 3.71. The molecule has 0 aromatic heterocycles. The lowest BCUT2D eigenvalue weighted by Gasteiger charge is -2.12. The first-order chi connectivity index (χ1) is 8.51. The predicted octanol–water partition coefficient (Wildman–Crippen LogP) is 2.74. The van der Waals surface area contributed by atoms with Gasteiger partial charge < -0.3 is 4.74 Å². The van der Waals surface area contributed by atoms with Crippen molar-refractivity contribution in [2.75, 3.05) is 6.61 Å². The molecule has 1 aromatic rings. The maximum absolute atomic E-state index is 13.0. The maximum atomic E-state index is 13.0. The lowest BCUT2D eigenvalue weighted by molar-refractivity contribution is -0.146. The fraction of sp³-hybridized carbons (Fsp3) is 0.385. The van der Waals surface area contributed by atoms with Crippen LogP contribution < -0.4 is 0 Å². The van der Waals surface area contributed by atoms with Crippen molar-refractivity contribution in [2.45, 2.75) is 20.3 Å². The van der Waals surface area contributed by atoms with Gasteiger partial charge >= 0.3 is 5.97 Å². The standard InChI is InChI=1S/C13H14F2O3/c1-3-9(13(17)18-4-2)12(16)8-5-6-10(14)11(15)7-8/h5-7,9H,3-4H2,1-2H3. The molecular weight excluding hydrogens is 242 g/mol. The van der Waals surface area contributed by atoms with Crippen LogP contribution >= 0.6 is 0 Å². The van der Waals surface area contributed by atoms with E-state index in [0.29, 0.717) is 0 Å². The van der Waals surface area contributed by atoms with Gasteiger partial charge in [-0.15, -0.1) is 0 Å². The van der Waals surface area contributed by atoms with Gasteiger partial charge in [0.25, 0.3) is 0 Å². The monoisotopic (exact) mass is 256 g/mol. The van der Waals surface area contributed by atoms with Crippen LogP contribution in [0.3, 0.4) is 0 Å². The van der Waals surface area contributed by atoms with Gasteiger partial charge in [0.1, 0.15) is 5.92 Å². The van der Waals surface area contributed by atoms with Crippen molar-refractivity contribution in [2.24, 2.45) is 5.92 Å². The Kier molecular flexibility index (Phi) is 4.95. The van der Waals surface area contributed by atoms with E-state index in [4.69, 9.17) is 4.74 Å². The molecule has 0 N–H and O–H groups in total. The van der Waals surface area contributed by atoms with Crippen LogP contribution in [0, 0.1) is 17.6 Å². The lowest BCUT2D eigenvalue weighted by atomic mass is 9.95. The Morgan fingerprint density at radius 1 is 1.22 bits per heavy atom. The number of halogens is 2. The molecule has 18 heavy (non-hydrogen) atoms. The molecule has 1 atom stereocenters. The molecule has 0 bridgehead atoms. The molecule has 0 spiro atoms. The summed E-state index contributed by atoms with van der Waals surface area (Å²) in [6, 6.07) is 2.81. The number of rotatable bonds is 5. The van der Waals surface area contributed by atoms with E-state index in [1.54, 1.807) is 13.8 Å². The summed E-state index contributed by atoms with van der Waals surface area (Å²) in [6.45, 7) is 3.45. The molecule has 0 aliphatic heterocycles. The number of benzene rings is 1. The SMILES string of the molecule is CCOC(=O)C(CC)C(=O)c1ccc(F)c(F)c1. The quantitative estimate of drug-likeness (QED) is 0.462. The van der Waals surface area contributed by atoms with Crippen molar-refractivity contribution in [3.05, 3.63) is 35.4 Å². The molecule has 0 radical (unpaired) electrons. The van der Waals surface area contributed by atoms with Gasteiger partial charge in [0.05, 0.1) is 6.61 Å². The van der Waals surface area contributed by atoms with E-state index < -0.39 is 29.3 Å². The van der Waals surface area contributed by atoms with Crippen LogP contribution in [0.2, 0.25) is 0 Å². The number of carbonyl (C=O) groups is 2. The minimum atomic E-state index is -1.11. The maximum Gasteiger partial charge on any atom is 0.316 e. The van der Waals surface area contributed by atoms with Crippen molar-refractivity contribution in [3.8, 4) is 0 Å². The van der Waals surface area contributed by atoms with Gasteiger partial charge in [-0.3, -0.25) is 9.59 Å². The average Bonchev–Trinajstić information content (AvgIpc) is 2.33. The summed E-state index contributed by atoms with van der Waals surface area (Å²) < 4.78 is 30.5. The van der Waals surface area contributed by atoms with Crippen LogP contribution in [0.4, 0.5) is 8.78 Å². The van der Waals surface area contributed by atoms with Crippen LogP contribution in [0.5, 0.6) is 0 Å². The largest absolute Gasteiger partial charge is 0.465 e. The molecule has 0 aliphatic carbocycles. The van der Waals surface area contributed by atoms with E-state index >= 15 is 0 Å². The van der Waals surface area contributed by atoms with E-state index in [1.165, 1.54) is 0 Å². The van der Waals surface area contributed by atoms with Crippen molar-refractivity contribution in [1.29, 1.82) is 0 Å². The molecule has 98 valence electrons. The molecule has 5 heteroatoms. The second kappa shape index (κ2) is 6.23. The lowest BCUT2D eigenvalue weighted by Crippen LogP contribution is -2.25. The number of carbonyl (C=O) groups excluding carboxylic acids is 2. The summed E-state index contributed by atoms with van der Waals surface area (Å²) in [4.78, 5) is 23.5. The van der Waals surface area contributed by atoms with E-state index in [0.717, 1.165) is 18.2 Å². The van der Waals surface area contributed by atoms with Gasteiger partial charge in [0, 0.05) is 5.56 Å². The summed E-state index contributed by atoms with van der Waals surface area (Å²) in [5, 5.41) is 0. The van der Waals surface area contributed by atoms with Crippen molar-refractivity contribution < 1.29 is 23.1 Å². The summed E-state index contributed by atoms with van der Waals surface area (Å²) in [6.07, 6.45) is 0.247. The molecule has 0 aliphatic rings. The zero-order chi connectivity index (χ0) is 13.7. The van der Waals surface area contributed by atoms with E-state index in [1.807, 2.05) is 0 Å². The number of ketones is 1. The van der Waals surface area contributed by atoms with Crippen LogP contribution in [-0.2, 0) is 9.53 Å². The summed E-state index contributed by atoms with van der Waals surface area (Å²) in [7, 11) is 0. The van der Waals surface area contributed by atoms with E-state index in [9.17, 15) is 18.4 Å². The molecule has 1 unspecified atom stereocenters. The Morgan fingerprint density at radius 2 is 1.89 bits per heavy atom. The third-order valence-electron chi connectivity index (χ3n) is 2.50. The second-order valence-electron chi connectivity index (χ2n) is 3.71. The smallest absolute Gasteiger partial charge is 0.316 e. The van der Waals surface area contributed by atoms with Gasteiger partial charge in [-0.25, -0.2) is 8.78 Å². The first-order valence-electron chi connectivity index (χ1n) is 5.67. The Balaban J connectivity index is 2.96. The van der Waals surface area contributed by atoms with Crippen LogP contribution in [-0.4, -0.2) is 18.4 Å².